The molecular weight excluding hydrogens is 332 g/mol. The molecule has 0 saturated carbocycles. The Morgan fingerprint density at radius 1 is 0.800 bits per heavy atom. The Labute approximate surface area is 152 Å². The summed E-state index contributed by atoms with van der Waals surface area (Å²) < 4.78 is 0. The minimum Gasteiger partial charge on any atom is -0.334 e. The second kappa shape index (κ2) is 8.36. The summed E-state index contributed by atoms with van der Waals surface area (Å²) >= 11 is 6.13. The highest BCUT2D eigenvalue weighted by molar-refractivity contribution is 6.31. The number of halogens is 1. The predicted octanol–water partition coefficient (Wildman–Crippen LogP) is 4.93. The lowest BCUT2D eigenvalue weighted by atomic mass is 9.99. The highest BCUT2D eigenvalue weighted by Gasteiger charge is 2.16. The van der Waals surface area contributed by atoms with Gasteiger partial charge in [0.25, 0.3) is 0 Å². The van der Waals surface area contributed by atoms with E-state index in [1.54, 1.807) is 0 Å². The van der Waals surface area contributed by atoms with Gasteiger partial charge in [-0.05, 0) is 22.8 Å². The zero-order chi connectivity index (χ0) is 17.5. The average molecular weight is 351 g/mol. The highest BCUT2D eigenvalue weighted by Crippen LogP contribution is 2.21. The van der Waals surface area contributed by atoms with Gasteiger partial charge >= 0.3 is 6.03 Å². The molecular formula is C21H19ClN2O. The van der Waals surface area contributed by atoms with Crippen molar-refractivity contribution in [3.05, 3.63) is 107 Å². The number of urea groups is 1. The number of hydrogen-bond donors (Lipinski definition) is 2. The molecule has 0 aliphatic heterocycles. The van der Waals surface area contributed by atoms with Gasteiger partial charge in [-0.2, -0.15) is 0 Å². The molecule has 3 rings (SSSR count). The predicted molar refractivity (Wildman–Crippen MR) is 102 cm³/mol. The summed E-state index contributed by atoms with van der Waals surface area (Å²) in [6, 6.07) is 26.8. The Balaban J connectivity index is 1.72. The topological polar surface area (TPSA) is 41.1 Å². The summed E-state index contributed by atoms with van der Waals surface area (Å²) in [6.07, 6.45) is 0. The second-order valence-electron chi connectivity index (χ2n) is 5.67. The monoisotopic (exact) mass is 350 g/mol. The molecule has 2 N–H and O–H groups in total. The quantitative estimate of drug-likeness (QED) is 0.673. The molecule has 0 spiro atoms. The molecule has 3 aromatic rings. The van der Waals surface area contributed by atoms with Gasteiger partial charge in [-0.15, -0.1) is 0 Å². The Bertz CT molecular complexity index is 782. The van der Waals surface area contributed by atoms with Crippen LogP contribution in [0.25, 0.3) is 0 Å². The lowest BCUT2D eigenvalue weighted by molar-refractivity contribution is 0.238. The van der Waals surface area contributed by atoms with Crippen LogP contribution in [0.3, 0.4) is 0 Å². The van der Waals surface area contributed by atoms with E-state index in [-0.39, 0.29) is 12.1 Å². The number of amides is 2. The third kappa shape index (κ3) is 4.61. The second-order valence-corrected chi connectivity index (χ2v) is 6.08. The summed E-state index contributed by atoms with van der Waals surface area (Å²) in [7, 11) is 0. The van der Waals surface area contributed by atoms with Crippen molar-refractivity contribution in [2.75, 3.05) is 0 Å². The molecule has 25 heavy (non-hydrogen) atoms. The lowest BCUT2D eigenvalue weighted by Crippen LogP contribution is -2.38. The van der Waals surface area contributed by atoms with Crippen LogP contribution in [0, 0.1) is 0 Å². The van der Waals surface area contributed by atoms with Gasteiger partial charge in [0.15, 0.2) is 0 Å². The molecule has 0 saturated heterocycles. The van der Waals surface area contributed by atoms with E-state index in [0.717, 1.165) is 16.7 Å². The molecule has 0 bridgehead atoms. The summed E-state index contributed by atoms with van der Waals surface area (Å²) in [5.41, 5.74) is 2.94. The van der Waals surface area contributed by atoms with Crippen molar-refractivity contribution in [3.63, 3.8) is 0 Å². The van der Waals surface area contributed by atoms with Crippen LogP contribution in [0.15, 0.2) is 84.9 Å². The number of rotatable bonds is 5. The largest absolute Gasteiger partial charge is 0.334 e. The van der Waals surface area contributed by atoms with Gasteiger partial charge < -0.3 is 10.6 Å². The Morgan fingerprint density at radius 3 is 1.88 bits per heavy atom. The summed E-state index contributed by atoms with van der Waals surface area (Å²) in [6.45, 7) is 0.377. The zero-order valence-electron chi connectivity index (χ0n) is 13.7. The molecule has 0 aromatic heterocycles. The summed E-state index contributed by atoms with van der Waals surface area (Å²) in [5, 5.41) is 6.57. The van der Waals surface area contributed by atoms with E-state index in [1.165, 1.54) is 0 Å². The van der Waals surface area contributed by atoms with Gasteiger partial charge in [0.05, 0.1) is 6.04 Å². The van der Waals surface area contributed by atoms with Crippen molar-refractivity contribution in [2.45, 2.75) is 12.6 Å². The number of benzene rings is 3. The number of hydrogen-bond acceptors (Lipinski definition) is 1. The van der Waals surface area contributed by atoms with E-state index < -0.39 is 0 Å². The Hall–Kier alpha value is -2.78. The average Bonchev–Trinajstić information content (AvgIpc) is 2.67. The molecule has 126 valence electrons. The maximum atomic E-state index is 12.4. The van der Waals surface area contributed by atoms with Gasteiger partial charge in [0, 0.05) is 11.6 Å². The van der Waals surface area contributed by atoms with Gasteiger partial charge in [-0.3, -0.25) is 0 Å². The van der Waals surface area contributed by atoms with Gasteiger partial charge in [-0.25, -0.2) is 4.79 Å². The first-order valence-electron chi connectivity index (χ1n) is 8.11. The molecule has 0 atom stereocenters. The van der Waals surface area contributed by atoms with Gasteiger partial charge in [0.1, 0.15) is 0 Å². The van der Waals surface area contributed by atoms with Crippen LogP contribution in [0.5, 0.6) is 0 Å². The van der Waals surface area contributed by atoms with Crippen LogP contribution in [-0.4, -0.2) is 6.03 Å². The molecule has 3 nitrogen and oxygen atoms in total. The van der Waals surface area contributed by atoms with Gasteiger partial charge in [0.2, 0.25) is 0 Å². The number of nitrogens with one attached hydrogen (secondary N) is 2. The molecule has 0 aliphatic carbocycles. The molecule has 3 aromatic carbocycles. The standard InChI is InChI=1S/C21H19ClN2O/c22-19-14-8-7-13-18(19)15-23-21(25)24-20(16-9-3-1-4-10-16)17-11-5-2-6-12-17/h1-14,20H,15H2,(H2,23,24,25). The number of carbonyl (C=O) groups excluding carboxylic acids is 1. The van der Waals surface area contributed by atoms with Crippen molar-refractivity contribution in [1.82, 2.24) is 10.6 Å². The minimum absolute atomic E-state index is 0.214. The Kier molecular flexibility index (Phi) is 5.70. The van der Waals surface area contributed by atoms with Crippen molar-refractivity contribution < 1.29 is 4.79 Å². The fourth-order valence-electron chi connectivity index (χ4n) is 2.65. The zero-order valence-corrected chi connectivity index (χ0v) is 14.4. The van der Waals surface area contributed by atoms with E-state index >= 15 is 0 Å². The van der Waals surface area contributed by atoms with Crippen molar-refractivity contribution in [2.24, 2.45) is 0 Å². The molecule has 2 amide bonds. The molecule has 0 aliphatic rings. The van der Waals surface area contributed by atoms with Crippen LogP contribution in [0.1, 0.15) is 22.7 Å². The van der Waals surface area contributed by atoms with Crippen LogP contribution in [-0.2, 0) is 6.54 Å². The van der Waals surface area contributed by atoms with Crippen molar-refractivity contribution in [3.8, 4) is 0 Å². The molecule has 0 unspecified atom stereocenters. The van der Waals surface area contributed by atoms with E-state index in [1.807, 2.05) is 84.9 Å². The summed E-state index contributed by atoms with van der Waals surface area (Å²) in [5.74, 6) is 0. The summed E-state index contributed by atoms with van der Waals surface area (Å²) in [4.78, 5) is 12.4. The molecule has 0 heterocycles. The smallest absolute Gasteiger partial charge is 0.315 e. The highest BCUT2D eigenvalue weighted by atomic mass is 35.5. The van der Waals surface area contributed by atoms with Crippen LogP contribution in [0.4, 0.5) is 4.79 Å². The van der Waals surface area contributed by atoms with Crippen LogP contribution < -0.4 is 10.6 Å². The van der Waals surface area contributed by atoms with Crippen LogP contribution in [0.2, 0.25) is 5.02 Å². The van der Waals surface area contributed by atoms with E-state index in [4.69, 9.17) is 11.6 Å². The van der Waals surface area contributed by atoms with Crippen molar-refractivity contribution >= 4 is 17.6 Å². The molecule has 0 fully saturated rings. The fourth-order valence-corrected chi connectivity index (χ4v) is 2.85. The van der Waals surface area contributed by atoms with Gasteiger partial charge in [-0.1, -0.05) is 90.5 Å². The van der Waals surface area contributed by atoms with E-state index in [9.17, 15) is 4.79 Å². The number of carbonyl (C=O) groups is 1. The SMILES string of the molecule is O=C(NCc1ccccc1Cl)NC(c1ccccc1)c1ccccc1. The maximum Gasteiger partial charge on any atom is 0.315 e. The third-order valence-corrected chi connectivity index (χ3v) is 4.31. The van der Waals surface area contributed by atoms with Crippen LogP contribution >= 0.6 is 11.6 Å². The normalized spacial score (nSPS) is 10.5. The first kappa shape index (κ1) is 17.1. The first-order valence-corrected chi connectivity index (χ1v) is 8.49. The third-order valence-electron chi connectivity index (χ3n) is 3.94. The van der Waals surface area contributed by atoms with Crippen molar-refractivity contribution in [1.29, 1.82) is 0 Å². The van der Waals surface area contributed by atoms with E-state index in [0.29, 0.717) is 11.6 Å². The van der Waals surface area contributed by atoms with E-state index in [2.05, 4.69) is 10.6 Å². The minimum atomic E-state index is -0.238. The maximum absolute atomic E-state index is 12.4. The molecule has 0 radical (unpaired) electrons. The molecule has 4 heteroatoms. The first-order chi connectivity index (χ1) is 12.2. The Morgan fingerprint density at radius 2 is 1.32 bits per heavy atom. The lowest BCUT2D eigenvalue weighted by Gasteiger charge is -2.20. The fraction of sp³-hybridized carbons (Fsp3) is 0.0952.